The molecule has 0 saturated heterocycles. The summed E-state index contributed by atoms with van der Waals surface area (Å²) in [5, 5.41) is 0. The van der Waals surface area contributed by atoms with E-state index in [9.17, 15) is 17.6 Å². The highest BCUT2D eigenvalue weighted by Crippen LogP contribution is 2.37. The van der Waals surface area contributed by atoms with E-state index in [0.29, 0.717) is 6.54 Å². The molecule has 0 radical (unpaired) electrons. The standard InChI is InChI=1S/C18H15F4N/c1-23-11-13(9-17(23)12-5-3-2-4-6-12)15-10-14(18(20,21)22)7-8-16(15)19/h2-10,13H,11H2,1H3. The van der Waals surface area contributed by atoms with Crippen LogP contribution >= 0.6 is 0 Å². The van der Waals surface area contributed by atoms with Gasteiger partial charge in [0, 0.05) is 25.2 Å². The van der Waals surface area contributed by atoms with Crippen molar-refractivity contribution in [2.75, 3.05) is 13.6 Å². The molecule has 0 spiro atoms. The minimum absolute atomic E-state index is 0.0811. The first-order chi connectivity index (χ1) is 10.9. The number of nitrogens with zero attached hydrogens (tertiary/aromatic N) is 1. The lowest BCUT2D eigenvalue weighted by Gasteiger charge is -2.18. The minimum Gasteiger partial charge on any atom is -0.373 e. The summed E-state index contributed by atoms with van der Waals surface area (Å²) in [4.78, 5) is 1.93. The summed E-state index contributed by atoms with van der Waals surface area (Å²) in [6.07, 6.45) is -2.65. The quantitative estimate of drug-likeness (QED) is 0.710. The highest BCUT2D eigenvalue weighted by atomic mass is 19.4. The second-order valence-electron chi connectivity index (χ2n) is 5.64. The predicted molar refractivity (Wildman–Crippen MR) is 81.2 cm³/mol. The van der Waals surface area contributed by atoms with Crippen LogP contribution in [0.4, 0.5) is 17.6 Å². The Bertz CT molecular complexity index is 734. The van der Waals surface area contributed by atoms with Crippen LogP contribution in [-0.2, 0) is 6.18 Å². The zero-order valence-electron chi connectivity index (χ0n) is 12.4. The second-order valence-corrected chi connectivity index (χ2v) is 5.64. The van der Waals surface area contributed by atoms with E-state index in [2.05, 4.69) is 0 Å². The molecule has 23 heavy (non-hydrogen) atoms. The maximum atomic E-state index is 14.1. The van der Waals surface area contributed by atoms with Gasteiger partial charge in [-0.1, -0.05) is 36.4 Å². The van der Waals surface area contributed by atoms with Crippen molar-refractivity contribution in [1.82, 2.24) is 4.90 Å². The molecule has 0 amide bonds. The smallest absolute Gasteiger partial charge is 0.373 e. The van der Waals surface area contributed by atoms with Gasteiger partial charge < -0.3 is 4.90 Å². The van der Waals surface area contributed by atoms with Gasteiger partial charge in [0.1, 0.15) is 5.82 Å². The Hall–Kier alpha value is -2.30. The number of hydrogen-bond acceptors (Lipinski definition) is 1. The lowest BCUT2D eigenvalue weighted by molar-refractivity contribution is -0.137. The Morgan fingerprint density at radius 3 is 2.39 bits per heavy atom. The molecule has 1 atom stereocenters. The molecule has 1 unspecified atom stereocenters. The van der Waals surface area contributed by atoms with E-state index >= 15 is 0 Å². The lowest BCUT2D eigenvalue weighted by atomic mass is 9.97. The largest absolute Gasteiger partial charge is 0.416 e. The third kappa shape index (κ3) is 3.09. The average molecular weight is 321 g/mol. The molecule has 2 aromatic rings. The number of hydrogen-bond donors (Lipinski definition) is 0. The summed E-state index contributed by atoms with van der Waals surface area (Å²) in [6.45, 7) is 0.447. The lowest BCUT2D eigenvalue weighted by Crippen LogP contribution is -2.16. The van der Waals surface area contributed by atoms with Gasteiger partial charge in [0.2, 0.25) is 0 Å². The number of benzene rings is 2. The van der Waals surface area contributed by atoms with E-state index < -0.39 is 23.5 Å². The van der Waals surface area contributed by atoms with Gasteiger partial charge >= 0.3 is 6.18 Å². The molecule has 120 valence electrons. The first-order valence-corrected chi connectivity index (χ1v) is 7.21. The second kappa shape index (κ2) is 5.72. The Balaban J connectivity index is 1.99. The van der Waals surface area contributed by atoms with Gasteiger partial charge in [0.15, 0.2) is 0 Å². The molecule has 1 aliphatic rings. The minimum atomic E-state index is -4.47. The molecule has 2 aromatic carbocycles. The van der Waals surface area contributed by atoms with Crippen molar-refractivity contribution in [3.05, 3.63) is 77.1 Å². The van der Waals surface area contributed by atoms with Gasteiger partial charge in [-0.15, -0.1) is 0 Å². The molecule has 3 rings (SSSR count). The fourth-order valence-corrected chi connectivity index (χ4v) is 2.88. The fourth-order valence-electron chi connectivity index (χ4n) is 2.88. The van der Waals surface area contributed by atoms with E-state index in [4.69, 9.17) is 0 Å². The molecule has 5 heteroatoms. The van der Waals surface area contributed by atoms with E-state index in [1.54, 1.807) is 0 Å². The van der Waals surface area contributed by atoms with E-state index in [1.807, 2.05) is 48.4 Å². The maximum Gasteiger partial charge on any atom is 0.416 e. The van der Waals surface area contributed by atoms with Crippen molar-refractivity contribution < 1.29 is 17.6 Å². The Morgan fingerprint density at radius 1 is 1.04 bits per heavy atom. The summed E-state index contributed by atoms with van der Waals surface area (Å²) >= 11 is 0. The fraction of sp³-hybridized carbons (Fsp3) is 0.222. The van der Waals surface area contributed by atoms with E-state index in [-0.39, 0.29) is 5.56 Å². The van der Waals surface area contributed by atoms with Gasteiger partial charge in [-0.25, -0.2) is 4.39 Å². The number of likely N-dealkylation sites (N-methyl/N-ethyl adjacent to an activating group) is 1. The number of rotatable bonds is 2. The van der Waals surface area contributed by atoms with Crippen molar-refractivity contribution in [3.8, 4) is 0 Å². The number of halogens is 4. The monoisotopic (exact) mass is 321 g/mol. The van der Waals surface area contributed by atoms with Crippen LogP contribution < -0.4 is 0 Å². The Labute approximate surface area is 131 Å². The third-order valence-corrected chi connectivity index (χ3v) is 4.03. The Morgan fingerprint density at radius 2 is 1.74 bits per heavy atom. The summed E-state index contributed by atoms with van der Waals surface area (Å²) in [5.74, 6) is -1.01. The first-order valence-electron chi connectivity index (χ1n) is 7.21. The summed E-state index contributed by atoms with van der Waals surface area (Å²) in [5.41, 5.74) is 1.12. The van der Waals surface area contributed by atoms with Crippen LogP contribution in [0.15, 0.2) is 54.6 Å². The van der Waals surface area contributed by atoms with Crippen LogP contribution in [0.5, 0.6) is 0 Å². The zero-order valence-corrected chi connectivity index (χ0v) is 12.4. The summed E-state index contributed by atoms with van der Waals surface area (Å²) < 4.78 is 52.6. The molecule has 0 aliphatic carbocycles. The van der Waals surface area contributed by atoms with Crippen molar-refractivity contribution in [3.63, 3.8) is 0 Å². The number of alkyl halides is 3. The third-order valence-electron chi connectivity index (χ3n) is 4.03. The highest BCUT2D eigenvalue weighted by Gasteiger charge is 2.33. The van der Waals surface area contributed by atoms with Gasteiger partial charge in [-0.05, 0) is 29.3 Å². The molecular formula is C18H15F4N. The molecule has 1 nitrogen and oxygen atoms in total. The molecule has 0 fully saturated rings. The van der Waals surface area contributed by atoms with Crippen LogP contribution in [0, 0.1) is 5.82 Å². The summed E-state index contributed by atoms with van der Waals surface area (Å²) in [7, 11) is 1.85. The molecule has 1 heterocycles. The molecule has 0 saturated carbocycles. The normalized spacial score (nSPS) is 18.2. The molecular weight excluding hydrogens is 306 g/mol. The van der Waals surface area contributed by atoms with Crippen LogP contribution in [-0.4, -0.2) is 18.5 Å². The maximum absolute atomic E-state index is 14.1. The van der Waals surface area contributed by atoms with Crippen LogP contribution in [0.1, 0.15) is 22.6 Å². The first kappa shape index (κ1) is 15.6. The molecule has 0 aromatic heterocycles. The highest BCUT2D eigenvalue weighted by molar-refractivity contribution is 5.67. The van der Waals surface area contributed by atoms with Gasteiger partial charge in [-0.3, -0.25) is 0 Å². The molecule has 1 aliphatic heterocycles. The van der Waals surface area contributed by atoms with Gasteiger partial charge in [0.05, 0.1) is 5.56 Å². The van der Waals surface area contributed by atoms with E-state index in [1.165, 1.54) is 0 Å². The SMILES string of the molecule is CN1CC(c2cc(C(F)(F)F)ccc2F)C=C1c1ccccc1. The van der Waals surface area contributed by atoms with Crippen LogP contribution in [0.2, 0.25) is 0 Å². The van der Waals surface area contributed by atoms with Crippen molar-refractivity contribution in [2.24, 2.45) is 0 Å². The van der Waals surface area contributed by atoms with Crippen molar-refractivity contribution >= 4 is 5.70 Å². The molecule has 0 bridgehead atoms. The van der Waals surface area contributed by atoms with Crippen LogP contribution in [0.3, 0.4) is 0 Å². The average Bonchev–Trinajstić information content (AvgIpc) is 2.89. The summed E-state index contributed by atoms with van der Waals surface area (Å²) in [6, 6.07) is 12.1. The topological polar surface area (TPSA) is 3.24 Å². The Kier molecular flexibility index (Phi) is 3.88. The predicted octanol–water partition coefficient (Wildman–Crippen LogP) is 4.91. The zero-order chi connectivity index (χ0) is 16.6. The van der Waals surface area contributed by atoms with Crippen molar-refractivity contribution in [1.29, 1.82) is 0 Å². The van der Waals surface area contributed by atoms with Crippen LogP contribution in [0.25, 0.3) is 5.70 Å². The molecule has 0 N–H and O–H groups in total. The van der Waals surface area contributed by atoms with Gasteiger partial charge in [0.25, 0.3) is 0 Å². The van der Waals surface area contributed by atoms with Gasteiger partial charge in [-0.2, -0.15) is 13.2 Å². The van der Waals surface area contributed by atoms with Crippen molar-refractivity contribution in [2.45, 2.75) is 12.1 Å². The van der Waals surface area contributed by atoms with E-state index in [0.717, 1.165) is 29.5 Å².